The highest BCUT2D eigenvalue weighted by Gasteiger charge is 2.12. The van der Waals surface area contributed by atoms with Crippen LogP contribution >= 0.6 is 11.3 Å². The van der Waals surface area contributed by atoms with Crippen molar-refractivity contribution >= 4 is 40.0 Å². The summed E-state index contributed by atoms with van der Waals surface area (Å²) in [6.07, 6.45) is 3.05. The highest BCUT2D eigenvalue weighted by Crippen LogP contribution is 2.29. The number of carbonyl (C=O) groups is 2. The normalized spacial score (nSPS) is 10.8. The second-order valence-corrected chi connectivity index (χ2v) is 7.34. The second kappa shape index (κ2) is 9.32. The third-order valence-corrected chi connectivity index (χ3v) is 4.86. The number of hydrogen-bond acceptors (Lipinski definition) is 5. The summed E-state index contributed by atoms with van der Waals surface area (Å²) < 4.78 is 19.7. The van der Waals surface area contributed by atoms with Gasteiger partial charge in [-0.3, -0.25) is 14.9 Å². The third-order valence-electron chi connectivity index (χ3n) is 4.10. The van der Waals surface area contributed by atoms with Gasteiger partial charge in [0.1, 0.15) is 11.6 Å². The van der Waals surface area contributed by atoms with E-state index in [0.29, 0.717) is 22.3 Å². The predicted octanol–water partition coefficient (Wildman–Crippen LogP) is 4.88. The van der Waals surface area contributed by atoms with Crippen molar-refractivity contribution in [2.45, 2.75) is 13.8 Å². The van der Waals surface area contributed by atoms with Crippen molar-refractivity contribution < 1.29 is 18.7 Å². The van der Waals surface area contributed by atoms with Crippen LogP contribution < -0.4 is 15.4 Å². The average molecular weight is 425 g/mol. The van der Waals surface area contributed by atoms with Gasteiger partial charge in [0.25, 0.3) is 0 Å². The molecule has 0 atom stereocenters. The summed E-state index contributed by atoms with van der Waals surface area (Å²) in [5.74, 6) is -0.492. The molecule has 2 amide bonds. The van der Waals surface area contributed by atoms with Crippen molar-refractivity contribution in [3.05, 3.63) is 64.8 Å². The summed E-state index contributed by atoms with van der Waals surface area (Å²) >= 11 is 1.19. The number of methoxy groups -OCH3 is 1. The molecule has 2 N–H and O–H groups in total. The van der Waals surface area contributed by atoms with Gasteiger partial charge >= 0.3 is 0 Å². The molecule has 30 heavy (non-hydrogen) atoms. The molecular formula is C22H20FN3O3S. The lowest BCUT2D eigenvalue weighted by Crippen LogP contribution is -2.07. The molecule has 1 heterocycles. The zero-order chi connectivity index (χ0) is 21.7. The molecule has 0 aliphatic rings. The van der Waals surface area contributed by atoms with Gasteiger partial charge < -0.3 is 10.1 Å². The second-order valence-electron chi connectivity index (χ2n) is 6.48. The molecule has 2 aromatic carbocycles. The van der Waals surface area contributed by atoms with E-state index in [-0.39, 0.29) is 17.4 Å². The number of nitrogens with zero attached hydrogens (tertiary/aromatic N) is 1. The predicted molar refractivity (Wildman–Crippen MR) is 117 cm³/mol. The molecule has 0 saturated carbocycles. The van der Waals surface area contributed by atoms with Gasteiger partial charge in [0, 0.05) is 35.2 Å². The van der Waals surface area contributed by atoms with Crippen molar-refractivity contribution in [3.8, 4) is 17.0 Å². The van der Waals surface area contributed by atoms with Crippen molar-refractivity contribution in [2.75, 3.05) is 17.7 Å². The zero-order valence-corrected chi connectivity index (χ0v) is 17.5. The van der Waals surface area contributed by atoms with Crippen LogP contribution in [0.5, 0.6) is 5.75 Å². The molecule has 1 aromatic heterocycles. The van der Waals surface area contributed by atoms with Crippen LogP contribution in [0.15, 0.2) is 47.9 Å². The Bertz CT molecular complexity index is 1120. The van der Waals surface area contributed by atoms with Gasteiger partial charge in [0.05, 0.1) is 12.8 Å². The van der Waals surface area contributed by atoms with E-state index in [1.165, 1.54) is 36.5 Å². The van der Waals surface area contributed by atoms with Crippen LogP contribution in [0.2, 0.25) is 0 Å². The number of benzene rings is 2. The molecule has 0 unspecified atom stereocenters. The minimum atomic E-state index is -0.518. The highest BCUT2D eigenvalue weighted by atomic mass is 32.1. The fourth-order valence-corrected chi connectivity index (χ4v) is 3.47. The van der Waals surface area contributed by atoms with Crippen LogP contribution in [0.3, 0.4) is 0 Å². The molecular weight excluding hydrogens is 405 g/mol. The van der Waals surface area contributed by atoms with E-state index in [2.05, 4.69) is 15.6 Å². The number of amides is 2. The SMILES string of the molecule is COc1ccc(C)cc1/C=C/C(=O)Nc1nc(-c2ccc(NC(C)=O)cc2F)cs1. The number of ether oxygens (including phenoxy) is 1. The fourth-order valence-electron chi connectivity index (χ4n) is 2.76. The van der Waals surface area contributed by atoms with Crippen molar-refractivity contribution in [1.29, 1.82) is 0 Å². The van der Waals surface area contributed by atoms with E-state index in [1.807, 2.05) is 25.1 Å². The first kappa shape index (κ1) is 21.2. The fraction of sp³-hybridized carbons (Fsp3) is 0.136. The minimum absolute atomic E-state index is 0.279. The van der Waals surface area contributed by atoms with Crippen molar-refractivity contribution in [1.82, 2.24) is 4.98 Å². The number of aromatic nitrogens is 1. The summed E-state index contributed by atoms with van der Waals surface area (Å²) in [4.78, 5) is 27.6. The average Bonchev–Trinajstić information content (AvgIpc) is 3.14. The first-order valence-corrected chi connectivity index (χ1v) is 9.90. The van der Waals surface area contributed by atoms with E-state index in [4.69, 9.17) is 4.74 Å². The molecule has 0 fully saturated rings. The number of halogens is 1. The van der Waals surface area contributed by atoms with E-state index in [9.17, 15) is 14.0 Å². The Kier molecular flexibility index (Phi) is 6.58. The summed E-state index contributed by atoms with van der Waals surface area (Å²) in [6.45, 7) is 3.31. The Labute approximate surface area is 177 Å². The summed E-state index contributed by atoms with van der Waals surface area (Å²) in [5.41, 5.74) is 2.87. The molecule has 3 aromatic rings. The molecule has 0 aliphatic heterocycles. The Morgan fingerprint density at radius 3 is 2.67 bits per heavy atom. The quantitative estimate of drug-likeness (QED) is 0.552. The number of rotatable bonds is 6. The first-order valence-electron chi connectivity index (χ1n) is 9.02. The number of thiazole rings is 1. The third kappa shape index (κ3) is 5.30. The van der Waals surface area contributed by atoms with E-state index in [0.717, 1.165) is 11.1 Å². The van der Waals surface area contributed by atoms with Crippen LogP contribution in [0.25, 0.3) is 17.3 Å². The Hall–Kier alpha value is -3.52. The molecule has 0 aliphatic carbocycles. The standard InChI is InChI=1S/C22H20FN3O3S/c1-13-4-8-20(29-3)15(10-13)5-9-21(28)26-22-25-19(12-30-22)17-7-6-16(11-18(17)23)24-14(2)27/h4-12H,1-3H3,(H,24,27)(H,25,26,28)/b9-5+. The largest absolute Gasteiger partial charge is 0.496 e. The molecule has 8 heteroatoms. The van der Waals surface area contributed by atoms with Gasteiger partial charge in [-0.05, 0) is 43.3 Å². The lowest BCUT2D eigenvalue weighted by Gasteiger charge is -2.05. The topological polar surface area (TPSA) is 80.3 Å². The van der Waals surface area contributed by atoms with Crippen molar-refractivity contribution in [3.63, 3.8) is 0 Å². The summed E-state index contributed by atoms with van der Waals surface area (Å²) in [5, 5.41) is 7.20. The van der Waals surface area contributed by atoms with E-state index in [1.54, 1.807) is 24.6 Å². The molecule has 6 nitrogen and oxygen atoms in total. The van der Waals surface area contributed by atoms with Gasteiger partial charge in [0.2, 0.25) is 11.8 Å². The smallest absolute Gasteiger partial charge is 0.250 e. The van der Waals surface area contributed by atoms with Crippen LogP contribution in [-0.2, 0) is 9.59 Å². The Morgan fingerprint density at radius 1 is 1.17 bits per heavy atom. The monoisotopic (exact) mass is 425 g/mol. The molecule has 3 rings (SSSR count). The summed E-state index contributed by atoms with van der Waals surface area (Å²) in [6, 6.07) is 10.0. The number of anilines is 2. The van der Waals surface area contributed by atoms with Gasteiger partial charge in [0.15, 0.2) is 5.13 Å². The van der Waals surface area contributed by atoms with E-state index < -0.39 is 5.82 Å². The van der Waals surface area contributed by atoms with Crippen LogP contribution in [-0.4, -0.2) is 23.9 Å². The molecule has 0 radical (unpaired) electrons. The summed E-state index contributed by atoms with van der Waals surface area (Å²) in [7, 11) is 1.57. The minimum Gasteiger partial charge on any atom is -0.496 e. The number of aryl methyl sites for hydroxylation is 1. The maximum atomic E-state index is 14.4. The van der Waals surface area contributed by atoms with Crippen LogP contribution in [0, 0.1) is 12.7 Å². The Balaban J connectivity index is 1.70. The van der Waals surface area contributed by atoms with Crippen LogP contribution in [0.4, 0.5) is 15.2 Å². The zero-order valence-electron chi connectivity index (χ0n) is 16.7. The highest BCUT2D eigenvalue weighted by molar-refractivity contribution is 7.14. The number of hydrogen-bond donors (Lipinski definition) is 2. The van der Waals surface area contributed by atoms with Gasteiger partial charge in [-0.15, -0.1) is 11.3 Å². The van der Waals surface area contributed by atoms with Gasteiger partial charge in [-0.25, -0.2) is 9.37 Å². The molecule has 0 saturated heterocycles. The Morgan fingerprint density at radius 2 is 1.97 bits per heavy atom. The lowest BCUT2D eigenvalue weighted by molar-refractivity contribution is -0.114. The molecule has 154 valence electrons. The van der Waals surface area contributed by atoms with Crippen molar-refractivity contribution in [2.24, 2.45) is 0 Å². The van der Waals surface area contributed by atoms with Gasteiger partial charge in [-0.2, -0.15) is 0 Å². The maximum Gasteiger partial charge on any atom is 0.250 e. The number of nitrogens with one attached hydrogen (secondary N) is 2. The van der Waals surface area contributed by atoms with E-state index >= 15 is 0 Å². The molecule has 0 spiro atoms. The molecule has 0 bridgehead atoms. The number of carbonyl (C=O) groups excluding carboxylic acids is 2. The van der Waals surface area contributed by atoms with Gasteiger partial charge in [-0.1, -0.05) is 11.6 Å². The van der Waals surface area contributed by atoms with Crippen LogP contribution in [0.1, 0.15) is 18.1 Å². The first-order chi connectivity index (χ1) is 14.4. The maximum absolute atomic E-state index is 14.4. The lowest BCUT2D eigenvalue weighted by atomic mass is 10.1.